The minimum absolute atomic E-state index is 0.534. The molecule has 2 aromatic rings. The van der Waals surface area contributed by atoms with Crippen molar-refractivity contribution in [1.29, 1.82) is 0 Å². The maximum atomic E-state index is 5.76. The zero-order valence-electron chi connectivity index (χ0n) is 9.71. The Balaban J connectivity index is 1.92. The van der Waals surface area contributed by atoms with E-state index < -0.39 is 0 Å². The molecule has 0 amide bonds. The highest BCUT2D eigenvalue weighted by molar-refractivity contribution is 5.53. The predicted molar refractivity (Wildman–Crippen MR) is 66.1 cm³/mol. The van der Waals surface area contributed by atoms with Crippen LogP contribution in [0.15, 0.2) is 30.5 Å². The lowest BCUT2D eigenvalue weighted by Crippen LogP contribution is -2.09. The first-order valence-electron chi connectivity index (χ1n) is 6.05. The fourth-order valence-corrected chi connectivity index (χ4v) is 1.96. The maximum Gasteiger partial charge on any atom is 0.111 e. The summed E-state index contributed by atoms with van der Waals surface area (Å²) >= 11 is 0. The van der Waals surface area contributed by atoms with Gasteiger partial charge in [0.2, 0.25) is 0 Å². The topological polar surface area (TPSA) is 56.7 Å². The predicted octanol–water partition coefficient (Wildman–Crippen LogP) is 1.81. The molecule has 2 heterocycles. The van der Waals surface area contributed by atoms with Crippen molar-refractivity contribution in [3.05, 3.63) is 36.2 Å². The van der Waals surface area contributed by atoms with Gasteiger partial charge in [-0.05, 0) is 37.0 Å². The standard InChI is InChI=1S/C13H16N4/c14-8-11-7-13(12-3-1-2-6-15-12)16-17(11)9-10-4-5-10/h1-3,6-7,10H,4-5,8-9,14H2. The third kappa shape index (κ3) is 2.22. The summed E-state index contributed by atoms with van der Waals surface area (Å²) in [5, 5.41) is 4.61. The van der Waals surface area contributed by atoms with Crippen molar-refractivity contribution in [2.75, 3.05) is 0 Å². The van der Waals surface area contributed by atoms with Crippen LogP contribution < -0.4 is 5.73 Å². The summed E-state index contributed by atoms with van der Waals surface area (Å²) in [6.45, 7) is 1.53. The molecule has 0 radical (unpaired) electrons. The fraction of sp³-hybridized carbons (Fsp3) is 0.385. The molecule has 0 spiro atoms. The Morgan fingerprint density at radius 2 is 2.18 bits per heavy atom. The highest BCUT2D eigenvalue weighted by atomic mass is 15.3. The Hall–Kier alpha value is -1.68. The van der Waals surface area contributed by atoms with Crippen molar-refractivity contribution >= 4 is 0 Å². The van der Waals surface area contributed by atoms with Gasteiger partial charge in [0.25, 0.3) is 0 Å². The maximum absolute atomic E-state index is 5.76. The first-order valence-corrected chi connectivity index (χ1v) is 6.05. The Labute approximate surface area is 100 Å². The Morgan fingerprint density at radius 3 is 2.82 bits per heavy atom. The van der Waals surface area contributed by atoms with Crippen molar-refractivity contribution in [2.45, 2.75) is 25.9 Å². The first kappa shape index (κ1) is 10.5. The normalized spacial score (nSPS) is 15.1. The molecule has 1 fully saturated rings. The van der Waals surface area contributed by atoms with E-state index in [0.717, 1.165) is 29.5 Å². The molecule has 2 N–H and O–H groups in total. The third-order valence-corrected chi connectivity index (χ3v) is 3.13. The zero-order valence-corrected chi connectivity index (χ0v) is 9.71. The van der Waals surface area contributed by atoms with Gasteiger partial charge >= 0.3 is 0 Å². The fourth-order valence-electron chi connectivity index (χ4n) is 1.96. The average Bonchev–Trinajstić information content (AvgIpc) is 3.09. The van der Waals surface area contributed by atoms with Crippen LogP contribution in [0.2, 0.25) is 0 Å². The lowest BCUT2D eigenvalue weighted by molar-refractivity contribution is 0.541. The van der Waals surface area contributed by atoms with Gasteiger partial charge < -0.3 is 5.73 Å². The Bertz CT molecular complexity index is 499. The number of rotatable bonds is 4. The van der Waals surface area contributed by atoms with Gasteiger partial charge in [0.05, 0.1) is 11.4 Å². The van der Waals surface area contributed by atoms with Crippen LogP contribution in [0.5, 0.6) is 0 Å². The molecule has 0 aromatic carbocycles. The van der Waals surface area contributed by atoms with Crippen molar-refractivity contribution in [1.82, 2.24) is 14.8 Å². The monoisotopic (exact) mass is 228 g/mol. The number of pyridine rings is 1. The van der Waals surface area contributed by atoms with Crippen LogP contribution in [0.25, 0.3) is 11.4 Å². The molecule has 88 valence electrons. The van der Waals surface area contributed by atoms with Gasteiger partial charge in [-0.2, -0.15) is 5.10 Å². The van der Waals surface area contributed by atoms with Gasteiger partial charge in [-0.25, -0.2) is 0 Å². The van der Waals surface area contributed by atoms with Crippen molar-refractivity contribution < 1.29 is 0 Å². The summed E-state index contributed by atoms with van der Waals surface area (Å²) in [5.74, 6) is 0.803. The molecule has 0 aliphatic heterocycles. The average molecular weight is 228 g/mol. The molecule has 0 bridgehead atoms. The van der Waals surface area contributed by atoms with Crippen molar-refractivity contribution in [3.63, 3.8) is 0 Å². The second kappa shape index (κ2) is 4.30. The van der Waals surface area contributed by atoms with Gasteiger partial charge in [0, 0.05) is 19.3 Å². The van der Waals surface area contributed by atoms with E-state index in [1.807, 2.05) is 28.9 Å². The van der Waals surface area contributed by atoms with Crippen LogP contribution in [-0.2, 0) is 13.1 Å². The van der Waals surface area contributed by atoms with Crippen molar-refractivity contribution in [2.24, 2.45) is 11.7 Å². The lowest BCUT2D eigenvalue weighted by Gasteiger charge is -2.03. The van der Waals surface area contributed by atoms with Crippen LogP contribution in [0.3, 0.4) is 0 Å². The van der Waals surface area contributed by atoms with E-state index in [2.05, 4.69) is 10.1 Å². The van der Waals surface area contributed by atoms with E-state index >= 15 is 0 Å². The largest absolute Gasteiger partial charge is 0.325 e. The summed E-state index contributed by atoms with van der Waals surface area (Å²) in [4.78, 5) is 4.32. The summed E-state index contributed by atoms with van der Waals surface area (Å²) in [6, 6.07) is 7.91. The Morgan fingerprint density at radius 1 is 1.29 bits per heavy atom. The Kier molecular flexibility index (Phi) is 2.65. The van der Waals surface area contributed by atoms with E-state index in [9.17, 15) is 0 Å². The molecule has 3 rings (SSSR count). The van der Waals surface area contributed by atoms with Crippen LogP contribution in [-0.4, -0.2) is 14.8 Å². The molecule has 17 heavy (non-hydrogen) atoms. The number of hydrogen-bond acceptors (Lipinski definition) is 3. The second-order valence-electron chi connectivity index (χ2n) is 4.57. The lowest BCUT2D eigenvalue weighted by atomic mass is 10.2. The summed E-state index contributed by atoms with van der Waals surface area (Å²) < 4.78 is 2.04. The molecule has 0 saturated heterocycles. The minimum Gasteiger partial charge on any atom is -0.325 e. The number of aromatic nitrogens is 3. The molecule has 4 heteroatoms. The van der Waals surface area contributed by atoms with E-state index in [0.29, 0.717) is 6.54 Å². The molecule has 2 aromatic heterocycles. The van der Waals surface area contributed by atoms with Gasteiger partial charge in [-0.1, -0.05) is 6.07 Å². The van der Waals surface area contributed by atoms with Crippen LogP contribution >= 0.6 is 0 Å². The molecule has 1 saturated carbocycles. The van der Waals surface area contributed by atoms with Crippen LogP contribution in [0.1, 0.15) is 18.5 Å². The molecule has 4 nitrogen and oxygen atoms in total. The van der Waals surface area contributed by atoms with Gasteiger partial charge in [-0.3, -0.25) is 9.67 Å². The summed E-state index contributed by atoms with van der Waals surface area (Å²) in [5.41, 5.74) is 8.69. The van der Waals surface area contributed by atoms with Crippen LogP contribution in [0.4, 0.5) is 0 Å². The van der Waals surface area contributed by atoms with Gasteiger partial charge in [0.1, 0.15) is 5.69 Å². The van der Waals surface area contributed by atoms with Crippen LogP contribution in [0, 0.1) is 5.92 Å². The molecule has 0 atom stereocenters. The minimum atomic E-state index is 0.534. The van der Waals surface area contributed by atoms with E-state index in [-0.39, 0.29) is 0 Å². The third-order valence-electron chi connectivity index (χ3n) is 3.13. The molecular formula is C13H16N4. The number of nitrogens with zero attached hydrogens (tertiary/aromatic N) is 3. The van der Waals surface area contributed by atoms with Gasteiger partial charge in [-0.15, -0.1) is 0 Å². The molecule has 1 aliphatic rings. The molecule has 1 aliphatic carbocycles. The van der Waals surface area contributed by atoms with E-state index in [1.54, 1.807) is 6.20 Å². The first-order chi connectivity index (χ1) is 8.36. The zero-order chi connectivity index (χ0) is 11.7. The number of nitrogens with two attached hydrogens (primary N) is 1. The van der Waals surface area contributed by atoms with Crippen molar-refractivity contribution in [3.8, 4) is 11.4 Å². The SMILES string of the molecule is NCc1cc(-c2ccccn2)nn1CC1CC1. The molecular weight excluding hydrogens is 212 g/mol. The van der Waals surface area contributed by atoms with E-state index in [1.165, 1.54) is 12.8 Å². The summed E-state index contributed by atoms with van der Waals surface area (Å²) in [6.07, 6.45) is 4.43. The smallest absolute Gasteiger partial charge is 0.111 e. The highest BCUT2D eigenvalue weighted by Gasteiger charge is 2.23. The second-order valence-corrected chi connectivity index (χ2v) is 4.57. The number of hydrogen-bond donors (Lipinski definition) is 1. The van der Waals surface area contributed by atoms with E-state index in [4.69, 9.17) is 5.73 Å². The highest BCUT2D eigenvalue weighted by Crippen LogP contribution is 2.31. The summed E-state index contributed by atoms with van der Waals surface area (Å²) in [7, 11) is 0. The van der Waals surface area contributed by atoms with Gasteiger partial charge in [0.15, 0.2) is 0 Å². The molecule has 0 unspecified atom stereocenters. The quantitative estimate of drug-likeness (QED) is 0.868.